The van der Waals surface area contributed by atoms with Crippen molar-refractivity contribution in [3.8, 4) is 5.75 Å². The molecule has 1 unspecified atom stereocenters. The molecule has 2 heteroatoms. The SMILES string of the molecule is C=CCCOc1ccc2c(c1)CCC(c1ccc3cc(CCC)ccc3c1F)C2. The van der Waals surface area contributed by atoms with Crippen LogP contribution in [0.1, 0.15) is 54.4 Å². The van der Waals surface area contributed by atoms with Crippen molar-refractivity contribution in [3.05, 3.63) is 89.3 Å². The van der Waals surface area contributed by atoms with Crippen molar-refractivity contribution < 1.29 is 9.13 Å². The molecule has 0 amide bonds. The fraction of sp³-hybridized carbons (Fsp3) is 0.333. The van der Waals surface area contributed by atoms with Gasteiger partial charge in [0.25, 0.3) is 0 Å². The summed E-state index contributed by atoms with van der Waals surface area (Å²) in [6.07, 6.45) is 7.68. The van der Waals surface area contributed by atoms with Crippen molar-refractivity contribution in [1.82, 2.24) is 0 Å². The third-order valence-corrected chi connectivity index (χ3v) is 6.02. The highest BCUT2D eigenvalue weighted by Crippen LogP contribution is 2.37. The smallest absolute Gasteiger partial charge is 0.134 e. The molecule has 0 bridgehead atoms. The summed E-state index contributed by atoms with van der Waals surface area (Å²) in [5.74, 6) is 1.11. The van der Waals surface area contributed by atoms with Crippen LogP contribution >= 0.6 is 0 Å². The average molecular weight is 389 g/mol. The molecular formula is C27H29FO. The van der Waals surface area contributed by atoms with Crippen molar-refractivity contribution in [2.75, 3.05) is 6.61 Å². The van der Waals surface area contributed by atoms with Crippen LogP contribution in [-0.2, 0) is 19.3 Å². The molecule has 0 aromatic heterocycles. The van der Waals surface area contributed by atoms with Gasteiger partial charge in [0.2, 0.25) is 0 Å². The Labute approximate surface area is 173 Å². The van der Waals surface area contributed by atoms with E-state index in [0.717, 1.165) is 60.6 Å². The van der Waals surface area contributed by atoms with Crippen LogP contribution in [0.25, 0.3) is 10.8 Å². The van der Waals surface area contributed by atoms with Crippen LogP contribution in [0.2, 0.25) is 0 Å². The Kier molecular flexibility index (Phi) is 5.99. The number of aryl methyl sites for hydroxylation is 2. The fourth-order valence-electron chi connectivity index (χ4n) is 4.46. The highest BCUT2D eigenvalue weighted by atomic mass is 19.1. The summed E-state index contributed by atoms with van der Waals surface area (Å²) in [4.78, 5) is 0. The zero-order valence-electron chi connectivity index (χ0n) is 17.2. The second kappa shape index (κ2) is 8.82. The van der Waals surface area contributed by atoms with Gasteiger partial charge in [-0.15, -0.1) is 6.58 Å². The van der Waals surface area contributed by atoms with Gasteiger partial charge >= 0.3 is 0 Å². The third kappa shape index (κ3) is 4.22. The van der Waals surface area contributed by atoms with E-state index in [1.165, 1.54) is 16.7 Å². The van der Waals surface area contributed by atoms with E-state index in [4.69, 9.17) is 4.74 Å². The Balaban J connectivity index is 1.55. The monoisotopic (exact) mass is 388 g/mol. The van der Waals surface area contributed by atoms with E-state index in [0.29, 0.717) is 6.61 Å². The first-order valence-corrected chi connectivity index (χ1v) is 10.8. The zero-order chi connectivity index (χ0) is 20.2. The summed E-state index contributed by atoms with van der Waals surface area (Å²) < 4.78 is 21.1. The average Bonchev–Trinajstić information content (AvgIpc) is 2.74. The van der Waals surface area contributed by atoms with Gasteiger partial charge in [-0.1, -0.05) is 55.8 Å². The number of hydrogen-bond donors (Lipinski definition) is 0. The van der Waals surface area contributed by atoms with Crippen molar-refractivity contribution in [2.24, 2.45) is 0 Å². The Morgan fingerprint density at radius 3 is 2.83 bits per heavy atom. The molecule has 0 N–H and O–H groups in total. The van der Waals surface area contributed by atoms with Crippen LogP contribution in [0.4, 0.5) is 4.39 Å². The molecule has 1 aliphatic carbocycles. The van der Waals surface area contributed by atoms with Crippen molar-refractivity contribution >= 4 is 10.8 Å². The molecule has 0 saturated heterocycles. The van der Waals surface area contributed by atoms with E-state index < -0.39 is 0 Å². The molecular weight excluding hydrogens is 359 g/mol. The number of benzene rings is 3. The zero-order valence-corrected chi connectivity index (χ0v) is 17.2. The molecule has 0 radical (unpaired) electrons. The van der Waals surface area contributed by atoms with Crippen LogP contribution in [-0.4, -0.2) is 6.61 Å². The lowest BCUT2D eigenvalue weighted by atomic mass is 9.79. The predicted molar refractivity (Wildman–Crippen MR) is 119 cm³/mol. The molecule has 0 spiro atoms. The summed E-state index contributed by atoms with van der Waals surface area (Å²) in [6.45, 7) is 6.56. The first-order chi connectivity index (χ1) is 14.2. The first kappa shape index (κ1) is 19.7. The molecule has 1 atom stereocenters. The van der Waals surface area contributed by atoms with Crippen molar-refractivity contribution in [3.63, 3.8) is 0 Å². The Bertz CT molecular complexity index is 1020. The second-order valence-electron chi connectivity index (χ2n) is 8.07. The Hall–Kier alpha value is -2.61. The van der Waals surface area contributed by atoms with Gasteiger partial charge in [0.05, 0.1) is 6.61 Å². The topological polar surface area (TPSA) is 9.23 Å². The highest BCUT2D eigenvalue weighted by Gasteiger charge is 2.24. The molecule has 0 heterocycles. The molecule has 0 saturated carbocycles. The maximum atomic E-state index is 15.4. The van der Waals surface area contributed by atoms with Crippen molar-refractivity contribution in [2.45, 2.75) is 51.4 Å². The Morgan fingerprint density at radius 1 is 1.10 bits per heavy atom. The molecule has 0 fully saturated rings. The van der Waals surface area contributed by atoms with Crippen LogP contribution in [0, 0.1) is 5.82 Å². The van der Waals surface area contributed by atoms with E-state index in [1.807, 2.05) is 24.3 Å². The molecule has 0 aliphatic heterocycles. The molecule has 29 heavy (non-hydrogen) atoms. The second-order valence-corrected chi connectivity index (χ2v) is 8.07. The number of rotatable bonds is 7. The highest BCUT2D eigenvalue weighted by molar-refractivity contribution is 5.84. The fourth-order valence-corrected chi connectivity index (χ4v) is 4.46. The van der Waals surface area contributed by atoms with Gasteiger partial charge < -0.3 is 4.74 Å². The number of hydrogen-bond acceptors (Lipinski definition) is 1. The van der Waals surface area contributed by atoms with Crippen LogP contribution in [0.5, 0.6) is 5.75 Å². The van der Waals surface area contributed by atoms with Gasteiger partial charge in [0.15, 0.2) is 0 Å². The van der Waals surface area contributed by atoms with Gasteiger partial charge in [-0.05, 0) is 77.8 Å². The van der Waals surface area contributed by atoms with Gasteiger partial charge in [-0.2, -0.15) is 0 Å². The van der Waals surface area contributed by atoms with Gasteiger partial charge in [0.1, 0.15) is 11.6 Å². The minimum Gasteiger partial charge on any atom is -0.493 e. The summed E-state index contributed by atoms with van der Waals surface area (Å²) >= 11 is 0. The minimum absolute atomic E-state index is 0.0385. The van der Waals surface area contributed by atoms with E-state index >= 15 is 4.39 Å². The predicted octanol–water partition coefficient (Wildman–Crippen LogP) is 7.16. The number of halogens is 1. The van der Waals surface area contributed by atoms with E-state index in [-0.39, 0.29) is 11.7 Å². The molecule has 1 aliphatic rings. The van der Waals surface area contributed by atoms with E-state index in [2.05, 4.69) is 43.8 Å². The largest absolute Gasteiger partial charge is 0.493 e. The lowest BCUT2D eigenvalue weighted by Crippen LogP contribution is -2.14. The van der Waals surface area contributed by atoms with E-state index in [9.17, 15) is 0 Å². The van der Waals surface area contributed by atoms with Crippen LogP contribution in [0.3, 0.4) is 0 Å². The van der Waals surface area contributed by atoms with Crippen LogP contribution < -0.4 is 4.74 Å². The summed E-state index contributed by atoms with van der Waals surface area (Å²) in [5, 5.41) is 1.76. The number of ether oxygens (including phenoxy) is 1. The quantitative estimate of drug-likeness (QED) is 0.308. The maximum Gasteiger partial charge on any atom is 0.134 e. The molecule has 1 nitrogen and oxygen atoms in total. The van der Waals surface area contributed by atoms with E-state index in [1.54, 1.807) is 0 Å². The van der Waals surface area contributed by atoms with Gasteiger partial charge in [0, 0.05) is 5.39 Å². The Morgan fingerprint density at radius 2 is 2.00 bits per heavy atom. The first-order valence-electron chi connectivity index (χ1n) is 10.8. The normalized spacial score (nSPS) is 15.9. The third-order valence-electron chi connectivity index (χ3n) is 6.02. The summed E-state index contributed by atoms with van der Waals surface area (Å²) in [5.41, 5.74) is 4.79. The molecule has 3 aromatic carbocycles. The number of fused-ring (bicyclic) bond motifs is 2. The molecule has 150 valence electrons. The molecule has 4 rings (SSSR count). The molecule has 3 aromatic rings. The lowest BCUT2D eigenvalue weighted by molar-refractivity contribution is 0.324. The maximum absolute atomic E-state index is 15.4. The van der Waals surface area contributed by atoms with Crippen molar-refractivity contribution in [1.29, 1.82) is 0 Å². The summed E-state index contributed by atoms with van der Waals surface area (Å²) in [6, 6.07) is 16.6. The lowest BCUT2D eigenvalue weighted by Gasteiger charge is -2.26. The minimum atomic E-state index is -0.0385. The van der Waals surface area contributed by atoms with Gasteiger partial charge in [-0.3, -0.25) is 0 Å². The van der Waals surface area contributed by atoms with Crippen LogP contribution in [0.15, 0.2) is 61.2 Å². The standard InChI is InChI=1S/C27H29FO/c1-3-5-15-29-24-12-10-20-17-23(9-8-21(20)18-24)26-14-11-22-16-19(6-4-2)7-13-25(22)27(26)28/h3,7,10-14,16,18,23H,1,4-6,8-9,15,17H2,2H3. The van der Waals surface area contributed by atoms with Gasteiger partial charge in [-0.25, -0.2) is 4.39 Å². The summed E-state index contributed by atoms with van der Waals surface area (Å²) in [7, 11) is 0.